The summed E-state index contributed by atoms with van der Waals surface area (Å²) < 4.78 is 64.9. The number of rotatable bonds is 6. The molecule has 5 nitrogen and oxygen atoms in total. The molecule has 1 N–H and O–H groups in total. The van der Waals surface area contributed by atoms with Crippen LogP contribution in [0, 0.1) is 6.92 Å². The molecule has 0 fully saturated rings. The number of nitrogens with one attached hydrogen (secondary N) is 1. The molecule has 1 heterocycles. The number of nitrogens with zero attached hydrogens (tertiary/aromatic N) is 1. The molecule has 0 aliphatic heterocycles. The number of amides is 1. The Hall–Kier alpha value is -1.91. The Labute approximate surface area is 153 Å². The van der Waals surface area contributed by atoms with Gasteiger partial charge in [0, 0.05) is 19.2 Å². The number of carbonyl (C=O) groups is 1. The van der Waals surface area contributed by atoms with E-state index in [1.807, 2.05) is 0 Å². The molecular weight excluding hydrogens is 389 g/mol. The number of anilines is 1. The molecule has 10 heteroatoms. The minimum Gasteiger partial charge on any atom is -0.326 e. The van der Waals surface area contributed by atoms with Crippen molar-refractivity contribution in [3.05, 3.63) is 46.2 Å². The molecule has 142 valence electrons. The third-order valence-electron chi connectivity index (χ3n) is 3.41. The molecule has 26 heavy (non-hydrogen) atoms. The summed E-state index contributed by atoms with van der Waals surface area (Å²) in [5.74, 6) is -0.337. The van der Waals surface area contributed by atoms with Crippen molar-refractivity contribution in [2.45, 2.75) is 31.5 Å². The summed E-state index contributed by atoms with van der Waals surface area (Å²) >= 11 is 1.27. The van der Waals surface area contributed by atoms with Gasteiger partial charge in [-0.05, 0) is 53.1 Å². The van der Waals surface area contributed by atoms with E-state index in [1.54, 1.807) is 16.8 Å². The van der Waals surface area contributed by atoms with Crippen LogP contribution in [0.1, 0.15) is 18.1 Å². The molecule has 0 radical (unpaired) electrons. The maximum Gasteiger partial charge on any atom is 0.402 e. The molecule has 2 rings (SSSR count). The first-order chi connectivity index (χ1) is 12.0. The SMILES string of the molecule is CC(=O)Nc1ccc(S(=O)(=O)N(Cc2ccsc2)CC(F)(F)F)c(C)c1. The second-order valence-corrected chi connectivity index (χ2v) is 8.37. The lowest BCUT2D eigenvalue weighted by atomic mass is 10.2. The van der Waals surface area contributed by atoms with Crippen LogP contribution >= 0.6 is 11.3 Å². The molecule has 2 aromatic rings. The first kappa shape index (κ1) is 20.4. The number of hydrogen-bond donors (Lipinski definition) is 1. The molecule has 0 aliphatic carbocycles. The van der Waals surface area contributed by atoms with Gasteiger partial charge in [-0.3, -0.25) is 4.79 Å². The van der Waals surface area contributed by atoms with Crippen molar-refractivity contribution < 1.29 is 26.4 Å². The average Bonchev–Trinajstić information content (AvgIpc) is 2.97. The van der Waals surface area contributed by atoms with Crippen LogP contribution in [0.3, 0.4) is 0 Å². The molecule has 0 aliphatic rings. The summed E-state index contributed by atoms with van der Waals surface area (Å²) in [7, 11) is -4.38. The molecule has 0 unspecified atom stereocenters. The van der Waals surface area contributed by atoms with Crippen molar-refractivity contribution in [1.29, 1.82) is 0 Å². The Morgan fingerprint density at radius 3 is 2.46 bits per heavy atom. The molecule has 0 spiro atoms. The number of alkyl halides is 3. The predicted octanol–water partition coefficient (Wildman–Crippen LogP) is 3.77. The van der Waals surface area contributed by atoms with Crippen LogP contribution in [0.5, 0.6) is 0 Å². The summed E-state index contributed by atoms with van der Waals surface area (Å²) in [4.78, 5) is 10.9. The smallest absolute Gasteiger partial charge is 0.326 e. The predicted molar refractivity (Wildman–Crippen MR) is 93.5 cm³/mol. The number of carbonyl (C=O) groups excluding carboxylic acids is 1. The molecule has 0 atom stereocenters. The van der Waals surface area contributed by atoms with E-state index in [9.17, 15) is 26.4 Å². The fraction of sp³-hybridized carbons (Fsp3) is 0.312. The Balaban J connectivity index is 2.40. The second kappa shape index (κ2) is 7.77. The van der Waals surface area contributed by atoms with Crippen LogP contribution < -0.4 is 5.32 Å². The lowest BCUT2D eigenvalue weighted by molar-refractivity contribution is -0.136. The van der Waals surface area contributed by atoms with E-state index in [0.29, 0.717) is 15.6 Å². The van der Waals surface area contributed by atoms with Gasteiger partial charge in [0.05, 0.1) is 4.90 Å². The number of thiophene rings is 1. The highest BCUT2D eigenvalue weighted by Crippen LogP contribution is 2.28. The summed E-state index contributed by atoms with van der Waals surface area (Å²) in [6.45, 7) is 0.802. The van der Waals surface area contributed by atoms with E-state index in [0.717, 1.165) is 0 Å². The van der Waals surface area contributed by atoms with Crippen molar-refractivity contribution in [3.8, 4) is 0 Å². The van der Waals surface area contributed by atoms with E-state index in [2.05, 4.69) is 5.32 Å². The zero-order valence-corrected chi connectivity index (χ0v) is 15.6. The van der Waals surface area contributed by atoms with Crippen LogP contribution in [0.4, 0.5) is 18.9 Å². The van der Waals surface area contributed by atoms with E-state index >= 15 is 0 Å². The van der Waals surface area contributed by atoms with Crippen molar-refractivity contribution in [1.82, 2.24) is 4.31 Å². The van der Waals surface area contributed by atoms with Gasteiger partial charge in [0.2, 0.25) is 15.9 Å². The Bertz CT molecular complexity index is 879. The van der Waals surface area contributed by atoms with Crippen LogP contribution in [0.25, 0.3) is 0 Å². The fourth-order valence-electron chi connectivity index (χ4n) is 2.37. The zero-order chi connectivity index (χ0) is 19.5. The first-order valence-electron chi connectivity index (χ1n) is 7.45. The molecule has 1 aromatic carbocycles. The number of aryl methyl sites for hydroxylation is 1. The van der Waals surface area contributed by atoms with Crippen LogP contribution in [0.2, 0.25) is 0 Å². The zero-order valence-electron chi connectivity index (χ0n) is 14.0. The van der Waals surface area contributed by atoms with Crippen molar-refractivity contribution in [3.63, 3.8) is 0 Å². The third-order valence-corrected chi connectivity index (χ3v) is 6.09. The summed E-state index contributed by atoms with van der Waals surface area (Å²) in [5, 5.41) is 5.77. The monoisotopic (exact) mass is 406 g/mol. The van der Waals surface area contributed by atoms with Gasteiger partial charge in [0.25, 0.3) is 0 Å². The van der Waals surface area contributed by atoms with E-state index in [4.69, 9.17) is 0 Å². The van der Waals surface area contributed by atoms with Gasteiger partial charge in [-0.1, -0.05) is 0 Å². The highest BCUT2D eigenvalue weighted by Gasteiger charge is 2.37. The Morgan fingerprint density at radius 2 is 1.96 bits per heavy atom. The van der Waals surface area contributed by atoms with Crippen LogP contribution in [-0.2, 0) is 21.4 Å². The minimum atomic E-state index is -4.67. The lowest BCUT2D eigenvalue weighted by Crippen LogP contribution is -2.38. The largest absolute Gasteiger partial charge is 0.402 e. The van der Waals surface area contributed by atoms with Gasteiger partial charge < -0.3 is 5.32 Å². The van der Waals surface area contributed by atoms with E-state index in [1.165, 1.54) is 43.4 Å². The molecule has 1 amide bonds. The normalized spacial score (nSPS) is 12.4. The summed E-state index contributed by atoms with van der Waals surface area (Å²) in [6.07, 6.45) is -4.67. The van der Waals surface area contributed by atoms with E-state index < -0.39 is 22.7 Å². The molecule has 0 bridgehead atoms. The first-order valence-corrected chi connectivity index (χ1v) is 9.83. The highest BCUT2D eigenvalue weighted by molar-refractivity contribution is 7.89. The van der Waals surface area contributed by atoms with Crippen molar-refractivity contribution >= 4 is 33.0 Å². The Kier molecular flexibility index (Phi) is 6.09. The quantitative estimate of drug-likeness (QED) is 0.794. The lowest BCUT2D eigenvalue weighted by Gasteiger charge is -2.24. The van der Waals surface area contributed by atoms with Gasteiger partial charge in [0.1, 0.15) is 6.54 Å². The van der Waals surface area contributed by atoms with Crippen LogP contribution in [-0.4, -0.2) is 31.4 Å². The van der Waals surface area contributed by atoms with Gasteiger partial charge in [-0.25, -0.2) is 8.42 Å². The number of benzene rings is 1. The number of halogens is 3. The summed E-state index contributed by atoms with van der Waals surface area (Å²) in [6, 6.07) is 5.53. The molecule has 0 saturated heterocycles. The van der Waals surface area contributed by atoms with Gasteiger partial charge in [0.15, 0.2) is 0 Å². The van der Waals surface area contributed by atoms with Gasteiger partial charge in [-0.15, -0.1) is 0 Å². The van der Waals surface area contributed by atoms with Crippen molar-refractivity contribution in [2.24, 2.45) is 0 Å². The Morgan fingerprint density at radius 1 is 1.27 bits per heavy atom. The number of hydrogen-bond acceptors (Lipinski definition) is 4. The molecule has 1 aromatic heterocycles. The minimum absolute atomic E-state index is 0.230. The molecular formula is C16H17F3N2O3S2. The van der Waals surface area contributed by atoms with Gasteiger partial charge in [-0.2, -0.15) is 28.8 Å². The molecule has 0 saturated carbocycles. The average molecular weight is 406 g/mol. The standard InChI is InChI=1S/C16H17F3N2O3S2/c1-11-7-14(20-12(2)22)3-4-15(11)26(23,24)21(10-16(17,18)19)8-13-5-6-25-9-13/h3-7,9H,8,10H2,1-2H3,(H,20,22). The van der Waals surface area contributed by atoms with Crippen LogP contribution in [0.15, 0.2) is 39.9 Å². The van der Waals surface area contributed by atoms with Crippen molar-refractivity contribution in [2.75, 3.05) is 11.9 Å². The maximum absolute atomic E-state index is 12.9. The maximum atomic E-state index is 12.9. The summed E-state index contributed by atoms with van der Waals surface area (Å²) in [5.41, 5.74) is 1.10. The topological polar surface area (TPSA) is 66.5 Å². The fourth-order valence-corrected chi connectivity index (χ4v) is 4.65. The second-order valence-electron chi connectivity index (χ2n) is 5.68. The third kappa shape index (κ3) is 5.29. The highest BCUT2D eigenvalue weighted by atomic mass is 32.2. The van der Waals surface area contributed by atoms with E-state index in [-0.39, 0.29) is 22.9 Å². The van der Waals surface area contributed by atoms with Gasteiger partial charge >= 0.3 is 6.18 Å². The number of sulfonamides is 1.